The number of rotatable bonds is 5. The van der Waals surface area contributed by atoms with Crippen molar-refractivity contribution in [1.82, 2.24) is 4.90 Å². The molecule has 2 atom stereocenters. The van der Waals surface area contributed by atoms with E-state index in [0.29, 0.717) is 12.3 Å². The number of likely N-dealkylation sites (tertiary alicyclic amines) is 1. The van der Waals surface area contributed by atoms with Crippen LogP contribution in [0.2, 0.25) is 0 Å². The number of methoxy groups -OCH3 is 1. The first-order valence-electron chi connectivity index (χ1n) is 8.39. The maximum atomic E-state index is 12.6. The Morgan fingerprint density at radius 1 is 1.20 bits per heavy atom. The minimum atomic E-state index is -0.470. The molecule has 0 spiro atoms. The Kier molecular flexibility index (Phi) is 6.85. The highest BCUT2D eigenvalue weighted by atomic mass is 35.5. The monoisotopic (exact) mass is 360 g/mol. The summed E-state index contributed by atoms with van der Waals surface area (Å²) in [6.07, 6.45) is 1.57. The molecule has 1 saturated heterocycles. The molecule has 25 heavy (non-hydrogen) atoms. The number of carbonyl (C=O) groups excluding carboxylic acids is 1. The molecule has 3 rings (SSSR count). The number of benzene rings is 2. The standard InChI is InChI=1S/C20H24N2O2.ClH/c1-24-18-9-7-16(8-10-18)17-11-12-22(14-17)20(23)19(21)13-15-5-3-2-4-6-15;/h2-10,17,19H,11-14,21H2,1H3;1H/t17?,19-;/m0./s1. The van der Waals surface area contributed by atoms with Gasteiger partial charge in [0.1, 0.15) is 5.75 Å². The molecule has 0 radical (unpaired) electrons. The molecule has 134 valence electrons. The maximum Gasteiger partial charge on any atom is 0.239 e. The lowest BCUT2D eigenvalue weighted by Crippen LogP contribution is -2.43. The Bertz CT molecular complexity index is 676. The average molecular weight is 361 g/mol. The minimum absolute atomic E-state index is 0. The van der Waals surface area contributed by atoms with Crippen LogP contribution >= 0.6 is 12.4 Å². The first-order chi connectivity index (χ1) is 11.7. The van der Waals surface area contributed by atoms with Gasteiger partial charge in [0.25, 0.3) is 0 Å². The summed E-state index contributed by atoms with van der Waals surface area (Å²) in [7, 11) is 1.67. The Morgan fingerprint density at radius 2 is 1.88 bits per heavy atom. The van der Waals surface area contributed by atoms with Gasteiger partial charge in [-0.15, -0.1) is 12.4 Å². The third kappa shape index (κ3) is 4.74. The molecular weight excluding hydrogens is 336 g/mol. The number of halogens is 1. The van der Waals surface area contributed by atoms with Gasteiger partial charge >= 0.3 is 0 Å². The zero-order chi connectivity index (χ0) is 16.9. The Labute approximate surface area is 155 Å². The van der Waals surface area contributed by atoms with E-state index in [2.05, 4.69) is 12.1 Å². The summed E-state index contributed by atoms with van der Waals surface area (Å²) in [5, 5.41) is 0. The summed E-state index contributed by atoms with van der Waals surface area (Å²) in [4.78, 5) is 14.5. The van der Waals surface area contributed by atoms with Crippen LogP contribution in [0.25, 0.3) is 0 Å². The zero-order valence-corrected chi connectivity index (χ0v) is 15.2. The van der Waals surface area contributed by atoms with Gasteiger partial charge in [-0.25, -0.2) is 0 Å². The Morgan fingerprint density at radius 3 is 2.52 bits per heavy atom. The van der Waals surface area contributed by atoms with E-state index in [4.69, 9.17) is 10.5 Å². The largest absolute Gasteiger partial charge is 0.497 e. The highest BCUT2D eigenvalue weighted by Crippen LogP contribution is 2.28. The second-order valence-electron chi connectivity index (χ2n) is 6.34. The fourth-order valence-corrected chi connectivity index (χ4v) is 3.30. The molecule has 1 fully saturated rings. The van der Waals surface area contributed by atoms with Crippen LogP contribution in [0.5, 0.6) is 5.75 Å². The van der Waals surface area contributed by atoms with Crippen LogP contribution in [-0.2, 0) is 11.2 Å². The van der Waals surface area contributed by atoms with E-state index >= 15 is 0 Å². The van der Waals surface area contributed by atoms with E-state index in [-0.39, 0.29) is 18.3 Å². The lowest BCUT2D eigenvalue weighted by molar-refractivity contribution is -0.131. The van der Waals surface area contributed by atoms with Gasteiger partial charge in [0, 0.05) is 19.0 Å². The predicted octanol–water partition coefficient (Wildman–Crippen LogP) is 3.00. The fourth-order valence-electron chi connectivity index (χ4n) is 3.30. The highest BCUT2D eigenvalue weighted by Gasteiger charge is 2.30. The SMILES string of the molecule is COc1ccc(C2CCN(C(=O)[C@@H](N)Cc3ccccc3)C2)cc1.Cl. The molecule has 0 saturated carbocycles. The second-order valence-corrected chi connectivity index (χ2v) is 6.34. The van der Waals surface area contributed by atoms with Crippen molar-refractivity contribution in [2.75, 3.05) is 20.2 Å². The summed E-state index contributed by atoms with van der Waals surface area (Å²) in [5.41, 5.74) is 8.50. The molecule has 0 aliphatic carbocycles. The molecule has 1 aliphatic rings. The summed E-state index contributed by atoms with van der Waals surface area (Å²) < 4.78 is 5.20. The van der Waals surface area contributed by atoms with Gasteiger partial charge in [0.05, 0.1) is 13.2 Å². The quantitative estimate of drug-likeness (QED) is 0.891. The van der Waals surface area contributed by atoms with Crippen molar-refractivity contribution in [2.24, 2.45) is 5.73 Å². The molecule has 2 aromatic carbocycles. The summed E-state index contributed by atoms with van der Waals surface area (Å²) in [5.74, 6) is 1.29. The Balaban J connectivity index is 0.00000225. The van der Waals surface area contributed by atoms with Crippen LogP contribution in [-0.4, -0.2) is 37.0 Å². The number of amides is 1. The van der Waals surface area contributed by atoms with Crippen molar-refractivity contribution in [1.29, 1.82) is 0 Å². The lowest BCUT2D eigenvalue weighted by Gasteiger charge is -2.21. The van der Waals surface area contributed by atoms with Crippen LogP contribution in [0.1, 0.15) is 23.5 Å². The second kappa shape index (κ2) is 8.88. The third-order valence-electron chi connectivity index (χ3n) is 4.70. The summed E-state index contributed by atoms with van der Waals surface area (Å²) >= 11 is 0. The molecule has 5 heteroatoms. The van der Waals surface area contributed by atoms with Gasteiger partial charge in [-0.1, -0.05) is 42.5 Å². The molecule has 2 aromatic rings. The highest BCUT2D eigenvalue weighted by molar-refractivity contribution is 5.85. The molecule has 1 unspecified atom stereocenters. The van der Waals surface area contributed by atoms with Crippen molar-refractivity contribution in [2.45, 2.75) is 24.8 Å². The van der Waals surface area contributed by atoms with Gasteiger partial charge < -0.3 is 15.4 Å². The van der Waals surface area contributed by atoms with E-state index in [1.54, 1.807) is 7.11 Å². The Hall–Kier alpha value is -2.04. The zero-order valence-electron chi connectivity index (χ0n) is 14.4. The predicted molar refractivity (Wildman–Crippen MR) is 102 cm³/mol. The van der Waals surface area contributed by atoms with E-state index in [9.17, 15) is 4.79 Å². The molecule has 2 N–H and O–H groups in total. The van der Waals surface area contributed by atoms with Crippen LogP contribution in [0, 0.1) is 0 Å². The van der Waals surface area contributed by atoms with Crippen LogP contribution in [0.4, 0.5) is 0 Å². The van der Waals surface area contributed by atoms with Crippen LogP contribution < -0.4 is 10.5 Å². The molecule has 0 aromatic heterocycles. The molecule has 1 aliphatic heterocycles. The van der Waals surface area contributed by atoms with E-state index < -0.39 is 6.04 Å². The number of hydrogen-bond acceptors (Lipinski definition) is 3. The normalized spacial score (nSPS) is 17.7. The van der Waals surface area contributed by atoms with Crippen LogP contribution in [0.15, 0.2) is 54.6 Å². The van der Waals surface area contributed by atoms with Gasteiger partial charge in [0.15, 0.2) is 0 Å². The molecular formula is C20H25ClN2O2. The van der Waals surface area contributed by atoms with Crippen LogP contribution in [0.3, 0.4) is 0 Å². The van der Waals surface area contributed by atoms with E-state index in [1.165, 1.54) is 5.56 Å². The van der Waals surface area contributed by atoms with Crippen molar-refractivity contribution in [3.63, 3.8) is 0 Å². The van der Waals surface area contributed by atoms with Gasteiger partial charge in [0.2, 0.25) is 5.91 Å². The van der Waals surface area contributed by atoms with Crippen molar-refractivity contribution in [3.8, 4) is 5.75 Å². The van der Waals surface area contributed by atoms with E-state index in [1.807, 2.05) is 47.4 Å². The summed E-state index contributed by atoms with van der Waals surface area (Å²) in [6.45, 7) is 1.52. The van der Waals surface area contributed by atoms with Gasteiger partial charge in [-0.3, -0.25) is 4.79 Å². The fraction of sp³-hybridized carbons (Fsp3) is 0.350. The molecule has 4 nitrogen and oxygen atoms in total. The molecule has 1 amide bonds. The average Bonchev–Trinajstić information content (AvgIpc) is 3.12. The van der Waals surface area contributed by atoms with Crippen molar-refractivity contribution >= 4 is 18.3 Å². The smallest absolute Gasteiger partial charge is 0.239 e. The summed E-state index contributed by atoms with van der Waals surface area (Å²) in [6, 6.07) is 17.6. The van der Waals surface area contributed by atoms with E-state index in [0.717, 1.165) is 30.8 Å². The molecule has 0 bridgehead atoms. The molecule has 1 heterocycles. The van der Waals surface area contributed by atoms with Gasteiger partial charge in [-0.05, 0) is 36.1 Å². The number of hydrogen-bond donors (Lipinski definition) is 1. The van der Waals surface area contributed by atoms with Crippen molar-refractivity contribution in [3.05, 3.63) is 65.7 Å². The maximum absolute atomic E-state index is 12.6. The third-order valence-corrected chi connectivity index (χ3v) is 4.70. The number of ether oxygens (including phenoxy) is 1. The van der Waals surface area contributed by atoms with Crippen molar-refractivity contribution < 1.29 is 9.53 Å². The lowest BCUT2D eigenvalue weighted by atomic mass is 9.98. The first-order valence-corrected chi connectivity index (χ1v) is 8.39. The number of nitrogens with two attached hydrogens (primary N) is 1. The minimum Gasteiger partial charge on any atom is -0.497 e. The van der Waals surface area contributed by atoms with Gasteiger partial charge in [-0.2, -0.15) is 0 Å². The first kappa shape index (κ1) is 19.3. The number of carbonyl (C=O) groups is 1. The topological polar surface area (TPSA) is 55.6 Å². The number of nitrogens with zero attached hydrogens (tertiary/aromatic N) is 1.